The summed E-state index contributed by atoms with van der Waals surface area (Å²) in [5.41, 5.74) is 1.21. The number of ether oxygens (including phenoxy) is 3. The largest absolute Gasteiger partial charge is 0.374 e. The summed E-state index contributed by atoms with van der Waals surface area (Å²) >= 11 is 0. The van der Waals surface area contributed by atoms with Crippen LogP contribution in [0.3, 0.4) is 0 Å². The van der Waals surface area contributed by atoms with Gasteiger partial charge in [0.2, 0.25) is 0 Å². The highest BCUT2D eigenvalue weighted by molar-refractivity contribution is 5.13. The molecule has 0 bridgehead atoms. The van der Waals surface area contributed by atoms with Gasteiger partial charge in [-0.25, -0.2) is 0 Å². The van der Waals surface area contributed by atoms with Crippen LogP contribution in [0.1, 0.15) is 83.1 Å². The van der Waals surface area contributed by atoms with Crippen molar-refractivity contribution < 1.29 is 14.2 Å². The summed E-state index contributed by atoms with van der Waals surface area (Å²) in [5.74, 6) is 0. The van der Waals surface area contributed by atoms with Gasteiger partial charge < -0.3 is 14.2 Å². The Morgan fingerprint density at radius 2 is 1.48 bits per heavy atom. The van der Waals surface area contributed by atoms with Gasteiger partial charge in [0.05, 0.1) is 19.8 Å². The number of rotatable bonds is 18. The molecule has 154 valence electrons. The molecule has 2 atom stereocenters. The van der Waals surface area contributed by atoms with Gasteiger partial charge in [0, 0.05) is 6.61 Å². The van der Waals surface area contributed by atoms with E-state index in [9.17, 15) is 0 Å². The van der Waals surface area contributed by atoms with Crippen molar-refractivity contribution in [3.05, 3.63) is 35.9 Å². The highest BCUT2D eigenvalue weighted by atomic mass is 16.6. The maximum Gasteiger partial charge on any atom is 0.109 e. The molecule has 2 rings (SSSR count). The molecular weight excluding hydrogens is 336 g/mol. The Labute approximate surface area is 166 Å². The van der Waals surface area contributed by atoms with Crippen LogP contribution < -0.4 is 0 Å². The van der Waals surface area contributed by atoms with Crippen LogP contribution in [0.2, 0.25) is 0 Å². The highest BCUT2D eigenvalue weighted by Crippen LogP contribution is 2.19. The zero-order chi connectivity index (χ0) is 19.0. The van der Waals surface area contributed by atoms with Crippen LogP contribution in [-0.2, 0) is 20.8 Å². The zero-order valence-corrected chi connectivity index (χ0v) is 17.4. The topological polar surface area (TPSA) is 31.0 Å². The molecule has 1 heterocycles. The summed E-state index contributed by atoms with van der Waals surface area (Å²) in [4.78, 5) is 0. The van der Waals surface area contributed by atoms with E-state index in [0.717, 1.165) is 19.6 Å². The number of hydrogen-bond acceptors (Lipinski definition) is 3. The van der Waals surface area contributed by atoms with Gasteiger partial charge in [0.15, 0.2) is 0 Å². The van der Waals surface area contributed by atoms with Gasteiger partial charge in [-0.3, -0.25) is 0 Å². The van der Waals surface area contributed by atoms with Gasteiger partial charge in [-0.1, -0.05) is 101 Å². The number of benzene rings is 1. The maximum absolute atomic E-state index is 6.04. The van der Waals surface area contributed by atoms with Gasteiger partial charge >= 0.3 is 0 Å². The molecule has 0 unspecified atom stereocenters. The third-order valence-electron chi connectivity index (χ3n) is 5.25. The molecule has 0 amide bonds. The Bertz CT molecular complexity index is 444. The molecular formula is C24H40O3. The average Bonchev–Trinajstić information content (AvgIpc) is 3.53. The van der Waals surface area contributed by atoms with Crippen molar-refractivity contribution in [2.75, 3.05) is 19.8 Å². The first-order valence-electron chi connectivity index (χ1n) is 11.2. The smallest absolute Gasteiger partial charge is 0.109 e. The predicted molar refractivity (Wildman–Crippen MR) is 112 cm³/mol. The minimum absolute atomic E-state index is 0.0943. The monoisotopic (exact) mass is 376 g/mol. The second-order valence-electron chi connectivity index (χ2n) is 7.82. The molecule has 0 spiro atoms. The molecule has 0 radical (unpaired) electrons. The third kappa shape index (κ3) is 11.5. The van der Waals surface area contributed by atoms with Crippen molar-refractivity contribution in [1.29, 1.82) is 0 Å². The lowest BCUT2D eigenvalue weighted by Crippen LogP contribution is -2.26. The molecule has 0 aromatic heterocycles. The van der Waals surface area contributed by atoms with E-state index in [1.54, 1.807) is 0 Å². The Balaban J connectivity index is 1.40. The van der Waals surface area contributed by atoms with Crippen LogP contribution in [0.5, 0.6) is 0 Å². The van der Waals surface area contributed by atoms with E-state index in [4.69, 9.17) is 14.2 Å². The van der Waals surface area contributed by atoms with Crippen LogP contribution in [0, 0.1) is 0 Å². The molecule has 1 aliphatic heterocycles. The number of unbranched alkanes of at least 4 members (excludes halogenated alkanes) is 10. The van der Waals surface area contributed by atoms with Gasteiger partial charge in [-0.15, -0.1) is 0 Å². The van der Waals surface area contributed by atoms with Gasteiger partial charge in [0.1, 0.15) is 12.2 Å². The Morgan fingerprint density at radius 3 is 2.07 bits per heavy atom. The molecule has 1 fully saturated rings. The quantitative estimate of drug-likeness (QED) is 0.222. The van der Waals surface area contributed by atoms with E-state index in [1.807, 2.05) is 18.2 Å². The summed E-state index contributed by atoms with van der Waals surface area (Å²) in [6.07, 6.45) is 15.3. The van der Waals surface area contributed by atoms with E-state index < -0.39 is 0 Å². The van der Waals surface area contributed by atoms with Crippen molar-refractivity contribution in [3.8, 4) is 0 Å². The summed E-state index contributed by atoms with van der Waals surface area (Å²) in [5, 5.41) is 0. The summed E-state index contributed by atoms with van der Waals surface area (Å²) in [6, 6.07) is 10.3. The van der Waals surface area contributed by atoms with Crippen molar-refractivity contribution >= 4 is 0 Å². The Hall–Kier alpha value is -0.900. The summed E-state index contributed by atoms with van der Waals surface area (Å²) < 4.78 is 17.3. The fraction of sp³-hybridized carbons (Fsp3) is 0.750. The van der Waals surface area contributed by atoms with E-state index in [2.05, 4.69) is 19.1 Å². The lowest BCUT2D eigenvalue weighted by molar-refractivity contribution is -0.0351. The van der Waals surface area contributed by atoms with Crippen molar-refractivity contribution in [2.45, 2.75) is 96.4 Å². The van der Waals surface area contributed by atoms with Crippen LogP contribution in [0.25, 0.3) is 0 Å². The molecule has 0 saturated carbocycles. The Morgan fingerprint density at radius 1 is 0.889 bits per heavy atom. The molecule has 0 N–H and O–H groups in total. The van der Waals surface area contributed by atoms with Gasteiger partial charge in [-0.05, 0) is 12.0 Å². The van der Waals surface area contributed by atoms with Gasteiger partial charge in [-0.2, -0.15) is 0 Å². The SMILES string of the molecule is CCCCCCCCCCCCCO[C@@H](COCc1ccccc1)[C@H]1CO1. The number of epoxide rings is 1. The first-order chi connectivity index (χ1) is 13.4. The first kappa shape index (κ1) is 22.4. The third-order valence-corrected chi connectivity index (χ3v) is 5.25. The predicted octanol–water partition coefficient (Wildman–Crippen LogP) is 6.30. The lowest BCUT2D eigenvalue weighted by Gasteiger charge is -2.16. The minimum Gasteiger partial charge on any atom is -0.374 e. The van der Waals surface area contributed by atoms with Crippen LogP contribution in [-0.4, -0.2) is 32.0 Å². The molecule has 3 heteroatoms. The molecule has 1 aliphatic rings. The molecule has 1 saturated heterocycles. The van der Waals surface area contributed by atoms with E-state index in [1.165, 1.54) is 69.8 Å². The highest BCUT2D eigenvalue weighted by Gasteiger charge is 2.33. The molecule has 1 aromatic carbocycles. The summed E-state index contributed by atoms with van der Waals surface area (Å²) in [7, 11) is 0. The molecule has 1 aromatic rings. The average molecular weight is 377 g/mol. The van der Waals surface area contributed by atoms with Crippen molar-refractivity contribution in [3.63, 3.8) is 0 Å². The lowest BCUT2D eigenvalue weighted by atomic mass is 10.1. The second kappa shape index (κ2) is 15.1. The van der Waals surface area contributed by atoms with Crippen molar-refractivity contribution in [1.82, 2.24) is 0 Å². The minimum atomic E-state index is 0.0943. The zero-order valence-electron chi connectivity index (χ0n) is 17.4. The van der Waals surface area contributed by atoms with E-state index in [-0.39, 0.29) is 12.2 Å². The van der Waals surface area contributed by atoms with Gasteiger partial charge in [0.25, 0.3) is 0 Å². The fourth-order valence-electron chi connectivity index (χ4n) is 3.40. The van der Waals surface area contributed by atoms with Crippen LogP contribution in [0.4, 0.5) is 0 Å². The van der Waals surface area contributed by atoms with E-state index >= 15 is 0 Å². The van der Waals surface area contributed by atoms with Crippen LogP contribution >= 0.6 is 0 Å². The van der Waals surface area contributed by atoms with Crippen molar-refractivity contribution in [2.24, 2.45) is 0 Å². The first-order valence-corrected chi connectivity index (χ1v) is 11.2. The second-order valence-corrected chi connectivity index (χ2v) is 7.82. The fourth-order valence-corrected chi connectivity index (χ4v) is 3.40. The Kier molecular flexibility index (Phi) is 12.5. The molecule has 3 nitrogen and oxygen atoms in total. The number of hydrogen-bond donors (Lipinski definition) is 0. The molecule has 0 aliphatic carbocycles. The van der Waals surface area contributed by atoms with Crippen LogP contribution in [0.15, 0.2) is 30.3 Å². The normalized spacial score (nSPS) is 17.1. The maximum atomic E-state index is 6.04. The standard InChI is InChI=1S/C24H40O3/c1-2-3-4-5-6-7-8-9-10-11-15-18-26-23(24-21-27-24)20-25-19-22-16-13-12-14-17-22/h12-14,16-17,23-24H,2-11,15,18-21H2,1H3/t23-,24+/m0/s1. The molecule has 27 heavy (non-hydrogen) atoms. The summed E-state index contributed by atoms with van der Waals surface area (Å²) in [6.45, 7) is 5.19. The van der Waals surface area contributed by atoms with E-state index in [0.29, 0.717) is 13.2 Å².